The molecule has 214 valence electrons. The van der Waals surface area contributed by atoms with Gasteiger partial charge in [0.2, 0.25) is 5.91 Å². The first-order valence-electron chi connectivity index (χ1n) is 13.2. The molecular weight excluding hydrogens is 565 g/mol. The summed E-state index contributed by atoms with van der Waals surface area (Å²) in [5.74, 6) is 6.88. The number of hydrogen-bond acceptors (Lipinski definition) is 7. The van der Waals surface area contributed by atoms with E-state index in [2.05, 4.69) is 10.4 Å². The number of amides is 1. The second kappa shape index (κ2) is 11.9. The maximum absolute atomic E-state index is 13.4. The number of rotatable bonds is 10. The van der Waals surface area contributed by atoms with E-state index >= 15 is 0 Å². The Hall–Kier alpha value is -3.99. The SMILES string of the molecule is CCC(C(=O)Nc1ccc2nn(CC3CC3)cc2c1)n1cc(OC)c(-c2cc(Cl)ccc2N(N)/C=C(\N)Cl)cc1=O. The quantitative estimate of drug-likeness (QED) is 0.130. The van der Waals surface area contributed by atoms with Gasteiger partial charge in [0, 0.05) is 46.0 Å². The van der Waals surface area contributed by atoms with Gasteiger partial charge in [-0.3, -0.25) is 23.8 Å². The Labute approximate surface area is 247 Å². The van der Waals surface area contributed by atoms with Crippen molar-refractivity contribution in [2.45, 2.75) is 38.8 Å². The smallest absolute Gasteiger partial charge is 0.252 e. The van der Waals surface area contributed by atoms with Crippen molar-refractivity contribution in [3.05, 3.63) is 81.6 Å². The number of fused-ring (bicyclic) bond motifs is 1. The molecule has 0 radical (unpaired) electrons. The number of ether oxygens (including phenoxy) is 1. The third-order valence-electron chi connectivity index (χ3n) is 7.04. The molecule has 1 unspecified atom stereocenters. The molecule has 1 saturated carbocycles. The van der Waals surface area contributed by atoms with E-state index < -0.39 is 11.6 Å². The highest BCUT2D eigenvalue weighted by Crippen LogP contribution is 2.38. The van der Waals surface area contributed by atoms with Crippen LogP contribution in [-0.4, -0.2) is 27.4 Å². The van der Waals surface area contributed by atoms with Crippen LogP contribution in [0.5, 0.6) is 5.75 Å². The van der Waals surface area contributed by atoms with E-state index in [0.29, 0.717) is 45.6 Å². The van der Waals surface area contributed by atoms with Crippen LogP contribution in [0.3, 0.4) is 0 Å². The second-order valence-corrected chi connectivity index (χ2v) is 10.9. The van der Waals surface area contributed by atoms with Crippen molar-refractivity contribution in [3.63, 3.8) is 0 Å². The fraction of sp³-hybridized carbons (Fsp3) is 0.276. The molecule has 5 rings (SSSR count). The molecule has 0 saturated heterocycles. The first-order valence-corrected chi connectivity index (χ1v) is 14.0. The van der Waals surface area contributed by atoms with Crippen LogP contribution in [0.25, 0.3) is 22.0 Å². The number of hydrazine groups is 1. The number of methoxy groups -OCH3 is 1. The van der Waals surface area contributed by atoms with Crippen molar-refractivity contribution in [1.29, 1.82) is 0 Å². The number of aromatic nitrogens is 3. The molecule has 2 aromatic carbocycles. The minimum Gasteiger partial charge on any atom is -0.495 e. The summed E-state index contributed by atoms with van der Waals surface area (Å²) >= 11 is 12.1. The molecule has 41 heavy (non-hydrogen) atoms. The van der Waals surface area contributed by atoms with E-state index in [0.717, 1.165) is 17.4 Å². The zero-order valence-electron chi connectivity index (χ0n) is 22.7. The molecule has 1 fully saturated rings. The molecule has 1 atom stereocenters. The zero-order chi connectivity index (χ0) is 29.3. The van der Waals surface area contributed by atoms with Gasteiger partial charge in [0.05, 0.1) is 30.7 Å². The predicted octanol–water partition coefficient (Wildman–Crippen LogP) is 5.20. The van der Waals surface area contributed by atoms with Gasteiger partial charge in [-0.15, -0.1) is 0 Å². The molecule has 0 bridgehead atoms. The lowest BCUT2D eigenvalue weighted by Crippen LogP contribution is -2.32. The lowest BCUT2D eigenvalue weighted by molar-refractivity contribution is -0.119. The first kappa shape index (κ1) is 28.5. The molecule has 1 amide bonds. The number of anilines is 2. The van der Waals surface area contributed by atoms with Crippen molar-refractivity contribution in [3.8, 4) is 16.9 Å². The summed E-state index contributed by atoms with van der Waals surface area (Å²) in [5, 5.41) is 10.1. The average Bonchev–Trinajstić information content (AvgIpc) is 3.65. The van der Waals surface area contributed by atoms with Gasteiger partial charge in [-0.1, -0.05) is 30.1 Å². The molecule has 1 aliphatic rings. The van der Waals surface area contributed by atoms with Crippen LogP contribution in [0.15, 0.2) is 71.0 Å². The number of carbonyl (C=O) groups excluding carboxylic acids is 1. The summed E-state index contributed by atoms with van der Waals surface area (Å²) in [7, 11) is 1.48. The van der Waals surface area contributed by atoms with Gasteiger partial charge < -0.3 is 15.8 Å². The van der Waals surface area contributed by atoms with Crippen LogP contribution >= 0.6 is 23.2 Å². The number of nitrogens with one attached hydrogen (secondary N) is 1. The first-order chi connectivity index (χ1) is 19.7. The zero-order valence-corrected chi connectivity index (χ0v) is 24.2. The van der Waals surface area contributed by atoms with Crippen LogP contribution < -0.4 is 32.2 Å². The van der Waals surface area contributed by atoms with Crippen LogP contribution in [0.4, 0.5) is 11.4 Å². The van der Waals surface area contributed by atoms with Gasteiger partial charge in [-0.05, 0) is 61.6 Å². The van der Waals surface area contributed by atoms with Crippen LogP contribution in [0.2, 0.25) is 5.02 Å². The highest BCUT2D eigenvalue weighted by Gasteiger charge is 2.24. The number of carbonyl (C=O) groups is 1. The summed E-state index contributed by atoms with van der Waals surface area (Å²) in [4.78, 5) is 26.9. The van der Waals surface area contributed by atoms with Crippen molar-refractivity contribution in [1.82, 2.24) is 14.3 Å². The normalized spacial score (nSPS) is 14.2. The highest BCUT2D eigenvalue weighted by molar-refractivity contribution is 6.31. The van der Waals surface area contributed by atoms with E-state index in [1.54, 1.807) is 18.2 Å². The summed E-state index contributed by atoms with van der Waals surface area (Å²) in [6.45, 7) is 2.75. The lowest BCUT2D eigenvalue weighted by atomic mass is 10.0. The van der Waals surface area contributed by atoms with E-state index in [-0.39, 0.29) is 11.1 Å². The minimum absolute atomic E-state index is 0.0289. The van der Waals surface area contributed by atoms with Gasteiger partial charge in [-0.2, -0.15) is 5.10 Å². The third-order valence-corrected chi connectivity index (χ3v) is 7.37. The standard InChI is InChI=1S/C29H31Cl2N7O3/c1-3-24(29(40)34-20-7-8-23-18(10-20)14-36(35-23)13-17-4-5-17)37-15-26(41-2)22(12-28(37)39)21-11-19(30)6-9-25(21)38(33)16-27(31)32/h6-12,14-17,24H,3-5,13,32-33H2,1-2H3,(H,34,40)/b27-16-. The monoisotopic (exact) mass is 595 g/mol. The Morgan fingerprint density at radius 3 is 2.68 bits per heavy atom. The molecule has 4 aromatic rings. The fourth-order valence-electron chi connectivity index (χ4n) is 4.84. The number of hydrogen-bond donors (Lipinski definition) is 3. The maximum atomic E-state index is 13.4. The minimum atomic E-state index is -0.789. The fourth-order valence-corrected chi connectivity index (χ4v) is 5.12. The van der Waals surface area contributed by atoms with Gasteiger partial charge in [0.1, 0.15) is 16.9 Å². The van der Waals surface area contributed by atoms with E-state index in [4.69, 9.17) is 39.5 Å². The van der Waals surface area contributed by atoms with E-state index in [1.807, 2.05) is 36.0 Å². The molecular formula is C29H31Cl2N7O3. The molecule has 10 nitrogen and oxygen atoms in total. The van der Waals surface area contributed by atoms with Crippen LogP contribution in [0, 0.1) is 5.92 Å². The summed E-state index contributed by atoms with van der Waals surface area (Å²) in [6, 6.07) is 11.2. The topological polar surface area (TPSA) is 133 Å². The number of nitrogens with two attached hydrogens (primary N) is 2. The Morgan fingerprint density at radius 2 is 2.00 bits per heavy atom. The summed E-state index contributed by atoms with van der Waals surface area (Å²) in [6.07, 6.45) is 7.70. The molecule has 0 spiro atoms. The van der Waals surface area contributed by atoms with E-state index in [1.165, 1.54) is 48.0 Å². The van der Waals surface area contributed by atoms with Crippen molar-refractivity contribution in [2.75, 3.05) is 17.4 Å². The highest BCUT2D eigenvalue weighted by atomic mass is 35.5. The largest absolute Gasteiger partial charge is 0.495 e. The van der Waals surface area contributed by atoms with Gasteiger partial charge in [-0.25, -0.2) is 5.84 Å². The average molecular weight is 597 g/mol. The van der Waals surface area contributed by atoms with Gasteiger partial charge >= 0.3 is 0 Å². The Kier molecular flexibility index (Phi) is 8.25. The number of benzene rings is 2. The Bertz CT molecular complexity index is 1690. The van der Waals surface area contributed by atoms with Gasteiger partial charge in [0.15, 0.2) is 0 Å². The van der Waals surface area contributed by atoms with Crippen molar-refractivity contribution in [2.24, 2.45) is 17.5 Å². The second-order valence-electron chi connectivity index (χ2n) is 10.1. The Balaban J connectivity index is 1.45. The molecule has 2 heterocycles. The van der Waals surface area contributed by atoms with Crippen molar-refractivity contribution >= 4 is 51.4 Å². The predicted molar refractivity (Wildman–Crippen MR) is 163 cm³/mol. The molecule has 5 N–H and O–H groups in total. The Morgan fingerprint density at radius 1 is 1.22 bits per heavy atom. The summed E-state index contributed by atoms with van der Waals surface area (Å²) < 4.78 is 8.99. The molecule has 1 aliphatic carbocycles. The third kappa shape index (κ3) is 6.35. The van der Waals surface area contributed by atoms with E-state index in [9.17, 15) is 9.59 Å². The summed E-state index contributed by atoms with van der Waals surface area (Å²) in [5.41, 5.74) is 8.12. The van der Waals surface area contributed by atoms with Crippen LogP contribution in [0.1, 0.15) is 32.2 Å². The lowest BCUT2D eigenvalue weighted by Gasteiger charge is -2.22. The maximum Gasteiger partial charge on any atom is 0.252 e. The van der Waals surface area contributed by atoms with Crippen LogP contribution in [-0.2, 0) is 11.3 Å². The molecule has 2 aromatic heterocycles. The number of nitrogens with zero attached hydrogens (tertiary/aromatic N) is 4. The molecule has 12 heteroatoms. The number of halogens is 2. The molecule has 0 aliphatic heterocycles. The van der Waals surface area contributed by atoms with Gasteiger partial charge in [0.25, 0.3) is 5.56 Å². The number of pyridine rings is 1. The van der Waals surface area contributed by atoms with Crippen molar-refractivity contribution < 1.29 is 9.53 Å².